The summed E-state index contributed by atoms with van der Waals surface area (Å²) >= 11 is 6.55. The molecule has 1 aromatic rings. The lowest BCUT2D eigenvalue weighted by Gasteiger charge is -2.15. The fourth-order valence-electron chi connectivity index (χ4n) is 1.88. The lowest BCUT2D eigenvalue weighted by Crippen LogP contribution is -2.37. The molecule has 0 radical (unpaired) electrons. The van der Waals surface area contributed by atoms with E-state index in [1.807, 2.05) is 0 Å². The summed E-state index contributed by atoms with van der Waals surface area (Å²) in [5, 5.41) is 0. The van der Waals surface area contributed by atoms with Gasteiger partial charge in [-0.3, -0.25) is 14.4 Å². The van der Waals surface area contributed by atoms with Gasteiger partial charge in [-0.25, -0.2) is 0 Å². The molecule has 0 amide bonds. The number of Topliss-reactive ketones (excluding diaryl/α,β-unsaturated/α-hetero) is 3. The van der Waals surface area contributed by atoms with Gasteiger partial charge in [0, 0.05) is 20.1 Å². The minimum atomic E-state index is -1.55. The van der Waals surface area contributed by atoms with Gasteiger partial charge in [0.25, 0.3) is 0 Å². The number of ketones is 3. The number of hydrogen-bond acceptors (Lipinski definition) is 3. The number of carbonyl (C=O) groups excluding carboxylic acids is 3. The van der Waals surface area contributed by atoms with Gasteiger partial charge in [0.05, 0.1) is 0 Å². The van der Waals surface area contributed by atoms with E-state index in [2.05, 4.69) is 31.9 Å². The Balaban J connectivity index is 2.74. The predicted molar refractivity (Wildman–Crippen MR) is 69.3 cm³/mol. The van der Waals surface area contributed by atoms with E-state index in [1.54, 1.807) is 12.1 Å². The summed E-state index contributed by atoms with van der Waals surface area (Å²) in [6, 6.07) is 3.15. The van der Waals surface area contributed by atoms with Crippen LogP contribution in [0.3, 0.4) is 0 Å². The molecule has 0 heterocycles. The maximum Gasteiger partial charge on any atom is 0.184 e. The summed E-state index contributed by atoms with van der Waals surface area (Å²) in [6.45, 7) is 2.66. The van der Waals surface area contributed by atoms with Crippen LogP contribution in [0.15, 0.2) is 21.1 Å². The molecular formula is C12H8Br2O3. The van der Waals surface area contributed by atoms with Crippen LogP contribution < -0.4 is 0 Å². The van der Waals surface area contributed by atoms with Crippen LogP contribution in [-0.4, -0.2) is 17.3 Å². The van der Waals surface area contributed by atoms with Gasteiger partial charge < -0.3 is 0 Å². The normalized spacial score (nSPS) is 17.2. The molecule has 2 rings (SSSR count). The Morgan fingerprint density at radius 3 is 1.71 bits per heavy atom. The average molecular weight is 360 g/mol. The Morgan fingerprint density at radius 2 is 1.41 bits per heavy atom. The second kappa shape index (κ2) is 3.85. The molecular weight excluding hydrogens is 352 g/mol. The Kier molecular flexibility index (Phi) is 2.86. The highest BCUT2D eigenvalue weighted by atomic mass is 79.9. The van der Waals surface area contributed by atoms with Gasteiger partial charge in [-0.15, -0.1) is 0 Å². The second-order valence-corrected chi connectivity index (χ2v) is 5.86. The Labute approximate surface area is 115 Å². The molecule has 0 aliphatic heterocycles. The van der Waals surface area contributed by atoms with Crippen molar-refractivity contribution in [3.63, 3.8) is 0 Å². The molecule has 0 atom stereocenters. The summed E-state index contributed by atoms with van der Waals surface area (Å²) in [4.78, 5) is 35.9. The van der Waals surface area contributed by atoms with Crippen LogP contribution in [0.1, 0.15) is 34.6 Å². The molecule has 17 heavy (non-hydrogen) atoms. The van der Waals surface area contributed by atoms with Crippen LogP contribution in [0, 0.1) is 5.41 Å². The van der Waals surface area contributed by atoms with E-state index in [0.29, 0.717) is 20.1 Å². The standard InChI is InChI=1S/C12H8Br2O3/c1-5(15)12(2)10(16)6-3-8(13)9(14)4-7(6)11(12)17/h3-4H,1-2H3. The van der Waals surface area contributed by atoms with Crippen molar-refractivity contribution in [1.29, 1.82) is 0 Å². The van der Waals surface area contributed by atoms with E-state index < -0.39 is 22.8 Å². The number of carbonyl (C=O) groups is 3. The first-order valence-corrected chi connectivity index (χ1v) is 6.48. The van der Waals surface area contributed by atoms with Crippen LogP contribution in [0.2, 0.25) is 0 Å². The lowest BCUT2D eigenvalue weighted by atomic mass is 9.81. The van der Waals surface area contributed by atoms with Crippen molar-refractivity contribution in [2.75, 3.05) is 0 Å². The van der Waals surface area contributed by atoms with Gasteiger partial charge in [0.1, 0.15) is 0 Å². The Hall–Kier alpha value is -0.810. The van der Waals surface area contributed by atoms with Crippen LogP contribution in [0.25, 0.3) is 0 Å². The highest BCUT2D eigenvalue weighted by Gasteiger charge is 2.53. The molecule has 88 valence electrons. The lowest BCUT2D eigenvalue weighted by molar-refractivity contribution is -0.121. The van der Waals surface area contributed by atoms with Crippen molar-refractivity contribution in [3.05, 3.63) is 32.2 Å². The average Bonchev–Trinajstić information content (AvgIpc) is 2.44. The first kappa shape index (κ1) is 12.6. The summed E-state index contributed by atoms with van der Waals surface area (Å²) < 4.78 is 1.37. The van der Waals surface area contributed by atoms with Gasteiger partial charge in [0.2, 0.25) is 0 Å². The van der Waals surface area contributed by atoms with E-state index in [4.69, 9.17) is 0 Å². The number of halogens is 2. The van der Waals surface area contributed by atoms with E-state index in [0.717, 1.165) is 0 Å². The molecule has 0 saturated carbocycles. The number of benzene rings is 1. The topological polar surface area (TPSA) is 51.2 Å². The zero-order valence-electron chi connectivity index (χ0n) is 9.14. The molecule has 0 fully saturated rings. The number of hydrogen-bond donors (Lipinski definition) is 0. The zero-order chi connectivity index (χ0) is 13.0. The smallest absolute Gasteiger partial charge is 0.184 e. The summed E-state index contributed by atoms with van der Waals surface area (Å²) in [6.07, 6.45) is 0. The molecule has 1 aliphatic rings. The summed E-state index contributed by atoms with van der Waals surface area (Å²) in [5.74, 6) is -1.26. The maximum absolute atomic E-state index is 12.2. The highest BCUT2D eigenvalue weighted by molar-refractivity contribution is 9.13. The third-order valence-corrected chi connectivity index (χ3v) is 5.01. The highest BCUT2D eigenvalue weighted by Crippen LogP contribution is 2.40. The van der Waals surface area contributed by atoms with Gasteiger partial charge in [-0.05, 0) is 57.8 Å². The molecule has 1 aromatic carbocycles. The zero-order valence-corrected chi connectivity index (χ0v) is 12.3. The largest absolute Gasteiger partial charge is 0.298 e. The molecule has 3 nitrogen and oxygen atoms in total. The quantitative estimate of drug-likeness (QED) is 0.723. The number of rotatable bonds is 1. The van der Waals surface area contributed by atoms with Crippen molar-refractivity contribution in [2.24, 2.45) is 5.41 Å². The van der Waals surface area contributed by atoms with E-state index in [1.165, 1.54) is 13.8 Å². The van der Waals surface area contributed by atoms with Gasteiger partial charge in [-0.2, -0.15) is 0 Å². The fourth-order valence-corrected chi connectivity index (χ4v) is 2.57. The number of fused-ring (bicyclic) bond motifs is 1. The molecule has 0 spiro atoms. The van der Waals surface area contributed by atoms with Crippen LogP contribution in [-0.2, 0) is 4.79 Å². The molecule has 0 aromatic heterocycles. The monoisotopic (exact) mass is 358 g/mol. The van der Waals surface area contributed by atoms with E-state index in [-0.39, 0.29) is 0 Å². The SMILES string of the molecule is CC(=O)C1(C)C(=O)c2cc(Br)c(Br)cc2C1=O. The molecule has 0 N–H and O–H groups in total. The van der Waals surface area contributed by atoms with Crippen molar-refractivity contribution in [1.82, 2.24) is 0 Å². The van der Waals surface area contributed by atoms with Crippen molar-refractivity contribution in [2.45, 2.75) is 13.8 Å². The molecule has 0 unspecified atom stereocenters. The summed E-state index contributed by atoms with van der Waals surface area (Å²) in [5.41, 5.74) is -0.937. The molecule has 0 bridgehead atoms. The maximum atomic E-state index is 12.2. The van der Waals surface area contributed by atoms with E-state index >= 15 is 0 Å². The van der Waals surface area contributed by atoms with Crippen LogP contribution in [0.4, 0.5) is 0 Å². The van der Waals surface area contributed by atoms with Crippen LogP contribution >= 0.6 is 31.9 Å². The first-order valence-electron chi connectivity index (χ1n) is 4.90. The fraction of sp³-hybridized carbons (Fsp3) is 0.250. The minimum absolute atomic E-state index is 0.308. The van der Waals surface area contributed by atoms with Crippen molar-refractivity contribution >= 4 is 49.2 Å². The Bertz CT molecular complexity index is 534. The molecule has 5 heteroatoms. The molecule has 1 aliphatic carbocycles. The van der Waals surface area contributed by atoms with Crippen molar-refractivity contribution in [3.8, 4) is 0 Å². The van der Waals surface area contributed by atoms with E-state index in [9.17, 15) is 14.4 Å². The minimum Gasteiger partial charge on any atom is -0.298 e. The Morgan fingerprint density at radius 1 is 1.06 bits per heavy atom. The van der Waals surface area contributed by atoms with Crippen LogP contribution in [0.5, 0.6) is 0 Å². The first-order chi connectivity index (χ1) is 7.80. The molecule has 0 saturated heterocycles. The predicted octanol–water partition coefficient (Wildman–Crippen LogP) is 3.19. The van der Waals surface area contributed by atoms with Gasteiger partial charge in [-0.1, -0.05) is 0 Å². The van der Waals surface area contributed by atoms with Crippen molar-refractivity contribution < 1.29 is 14.4 Å². The second-order valence-electron chi connectivity index (χ2n) is 4.15. The summed E-state index contributed by atoms with van der Waals surface area (Å²) in [7, 11) is 0. The third-order valence-electron chi connectivity index (χ3n) is 3.16. The van der Waals surface area contributed by atoms with Gasteiger partial charge >= 0.3 is 0 Å². The van der Waals surface area contributed by atoms with Gasteiger partial charge in [0.15, 0.2) is 22.8 Å². The third kappa shape index (κ3) is 1.56.